The summed E-state index contributed by atoms with van der Waals surface area (Å²) in [5.41, 5.74) is 0.116. The zero-order valence-electron chi connectivity index (χ0n) is 4.86. The highest BCUT2D eigenvalue weighted by Gasteiger charge is 1.96. The Labute approximate surface area is 62.7 Å². The monoisotopic (exact) mass is 154 g/mol. The summed E-state index contributed by atoms with van der Waals surface area (Å²) in [5, 5.41) is 8.50. The van der Waals surface area contributed by atoms with Crippen LogP contribution in [0.4, 0.5) is 4.39 Å². The molecule has 1 radical (unpaired) electrons. The fourth-order valence-electron chi connectivity index (χ4n) is 0.562. The molecular formula is C7H2ClFN. The minimum Gasteiger partial charge on any atom is -0.206 e. The van der Waals surface area contributed by atoms with Crippen molar-refractivity contribution in [3.8, 4) is 6.07 Å². The van der Waals surface area contributed by atoms with E-state index < -0.39 is 5.82 Å². The van der Waals surface area contributed by atoms with Crippen LogP contribution in [0.2, 0.25) is 5.02 Å². The molecule has 1 rings (SSSR count). The van der Waals surface area contributed by atoms with Crippen LogP contribution < -0.4 is 0 Å². The lowest BCUT2D eigenvalue weighted by molar-refractivity contribution is 0.625. The molecule has 0 saturated heterocycles. The number of rotatable bonds is 0. The highest BCUT2D eigenvalue weighted by molar-refractivity contribution is 6.30. The molecule has 0 bridgehead atoms. The molecule has 0 spiro atoms. The van der Waals surface area contributed by atoms with Crippen molar-refractivity contribution >= 4 is 11.6 Å². The Morgan fingerprint density at radius 1 is 1.60 bits per heavy atom. The minimum absolute atomic E-state index is 0.116. The highest BCUT2D eigenvalue weighted by atomic mass is 35.5. The lowest BCUT2D eigenvalue weighted by atomic mass is 10.2. The van der Waals surface area contributed by atoms with Crippen LogP contribution in [0.3, 0.4) is 0 Å². The maximum absolute atomic E-state index is 12.3. The van der Waals surface area contributed by atoms with Crippen LogP contribution in [0.1, 0.15) is 5.56 Å². The molecule has 49 valence electrons. The van der Waals surface area contributed by atoms with E-state index in [1.54, 1.807) is 6.07 Å². The number of benzene rings is 1. The van der Waals surface area contributed by atoms with E-state index in [4.69, 9.17) is 16.9 Å². The fourth-order valence-corrected chi connectivity index (χ4v) is 0.767. The molecule has 0 N–H and O–H groups in total. The molecule has 0 aliphatic heterocycles. The Morgan fingerprint density at radius 2 is 2.30 bits per heavy atom. The van der Waals surface area contributed by atoms with Crippen molar-refractivity contribution in [1.29, 1.82) is 5.26 Å². The second-order valence-electron chi connectivity index (χ2n) is 1.67. The lowest BCUT2D eigenvalue weighted by Crippen LogP contribution is -1.78. The largest absolute Gasteiger partial charge is 0.206 e. The van der Waals surface area contributed by atoms with Crippen molar-refractivity contribution < 1.29 is 4.39 Å². The molecule has 0 aliphatic carbocycles. The number of nitrogens with zero attached hydrogens (tertiary/aromatic N) is 1. The first-order valence-electron chi connectivity index (χ1n) is 2.51. The number of hydrogen-bond donors (Lipinski definition) is 0. The second-order valence-corrected chi connectivity index (χ2v) is 2.11. The van der Waals surface area contributed by atoms with Gasteiger partial charge < -0.3 is 0 Å². The predicted octanol–water partition coefficient (Wildman–Crippen LogP) is 2.15. The molecule has 0 aromatic heterocycles. The van der Waals surface area contributed by atoms with Crippen LogP contribution in [-0.4, -0.2) is 0 Å². The van der Waals surface area contributed by atoms with Crippen LogP contribution >= 0.6 is 11.6 Å². The van der Waals surface area contributed by atoms with Crippen molar-refractivity contribution in [1.82, 2.24) is 0 Å². The Morgan fingerprint density at radius 3 is 2.80 bits per heavy atom. The first-order valence-corrected chi connectivity index (χ1v) is 2.88. The van der Waals surface area contributed by atoms with Crippen molar-refractivity contribution in [3.05, 3.63) is 34.6 Å². The smallest absolute Gasteiger partial charge is 0.133 e. The van der Waals surface area contributed by atoms with Gasteiger partial charge in [-0.1, -0.05) is 11.6 Å². The third-order valence-electron chi connectivity index (χ3n) is 0.921. The van der Waals surface area contributed by atoms with Gasteiger partial charge in [0.1, 0.15) is 5.82 Å². The summed E-state index contributed by atoms with van der Waals surface area (Å²) in [6, 6.07) is 6.37. The first kappa shape index (κ1) is 7.04. The summed E-state index contributed by atoms with van der Waals surface area (Å²) in [4.78, 5) is 0. The summed E-state index contributed by atoms with van der Waals surface area (Å²) in [6.45, 7) is 0. The predicted molar refractivity (Wildman–Crippen MR) is 35.0 cm³/mol. The molecule has 1 nitrogen and oxygen atoms in total. The molecule has 0 saturated carbocycles. The van der Waals surface area contributed by atoms with Gasteiger partial charge in [-0.3, -0.25) is 0 Å². The average molecular weight is 155 g/mol. The Hall–Kier alpha value is -1.07. The normalized spacial score (nSPS) is 8.90. The van der Waals surface area contributed by atoms with E-state index in [0.29, 0.717) is 0 Å². The second kappa shape index (κ2) is 2.68. The van der Waals surface area contributed by atoms with E-state index in [-0.39, 0.29) is 10.6 Å². The van der Waals surface area contributed by atoms with Crippen molar-refractivity contribution in [3.63, 3.8) is 0 Å². The Balaban J connectivity index is 3.22. The zero-order valence-corrected chi connectivity index (χ0v) is 5.61. The molecule has 3 heteroatoms. The summed E-state index contributed by atoms with van der Waals surface area (Å²) < 4.78 is 12.3. The summed E-state index contributed by atoms with van der Waals surface area (Å²) in [6.07, 6.45) is 0. The summed E-state index contributed by atoms with van der Waals surface area (Å²) >= 11 is 5.42. The average Bonchev–Trinajstić information content (AvgIpc) is 1.85. The number of hydrogen-bond acceptors (Lipinski definition) is 1. The number of halogens is 2. The van der Waals surface area contributed by atoms with Crippen LogP contribution in [0.5, 0.6) is 0 Å². The topological polar surface area (TPSA) is 23.8 Å². The van der Waals surface area contributed by atoms with Gasteiger partial charge in [-0.15, -0.1) is 0 Å². The van der Waals surface area contributed by atoms with Gasteiger partial charge >= 0.3 is 0 Å². The maximum atomic E-state index is 12.3. The first-order chi connectivity index (χ1) is 4.72. The van der Waals surface area contributed by atoms with Gasteiger partial charge in [-0.25, -0.2) is 4.39 Å². The van der Waals surface area contributed by atoms with Gasteiger partial charge in [0.15, 0.2) is 0 Å². The summed E-state index contributed by atoms with van der Waals surface area (Å²) in [7, 11) is 0. The van der Waals surface area contributed by atoms with E-state index in [1.165, 1.54) is 6.07 Å². The molecule has 1 aromatic rings. The van der Waals surface area contributed by atoms with Crippen molar-refractivity contribution in [2.45, 2.75) is 0 Å². The molecule has 0 atom stereocenters. The van der Waals surface area contributed by atoms with Crippen LogP contribution in [0, 0.1) is 23.2 Å². The Kier molecular flexibility index (Phi) is 1.88. The molecule has 1 aromatic carbocycles. The SMILES string of the molecule is N#Cc1[c]c(F)cc(Cl)c1. The van der Waals surface area contributed by atoms with Gasteiger partial charge in [-0.05, 0) is 12.1 Å². The van der Waals surface area contributed by atoms with Gasteiger partial charge in [-0.2, -0.15) is 5.26 Å². The number of nitriles is 1. The minimum atomic E-state index is -0.607. The molecule has 0 unspecified atom stereocenters. The van der Waals surface area contributed by atoms with Crippen molar-refractivity contribution in [2.24, 2.45) is 0 Å². The van der Waals surface area contributed by atoms with Gasteiger partial charge in [0.2, 0.25) is 0 Å². The lowest BCUT2D eigenvalue weighted by Gasteiger charge is -1.89. The standard InChI is InChI=1S/C7H2ClFN/c8-6-1-5(4-10)2-7(9)3-6/h1,3H. The van der Waals surface area contributed by atoms with Gasteiger partial charge in [0.05, 0.1) is 11.6 Å². The third-order valence-corrected chi connectivity index (χ3v) is 1.14. The molecular weight excluding hydrogens is 153 g/mol. The Bertz CT molecular complexity index is 270. The van der Waals surface area contributed by atoms with Gasteiger partial charge in [0.25, 0.3) is 0 Å². The quantitative estimate of drug-likeness (QED) is 0.562. The fraction of sp³-hybridized carbons (Fsp3) is 0. The maximum Gasteiger partial charge on any atom is 0.133 e. The van der Waals surface area contributed by atoms with Crippen molar-refractivity contribution in [2.75, 3.05) is 0 Å². The molecule has 0 aliphatic rings. The zero-order chi connectivity index (χ0) is 7.56. The third kappa shape index (κ3) is 1.46. The molecule has 0 heterocycles. The molecule has 0 amide bonds. The van der Waals surface area contributed by atoms with E-state index in [9.17, 15) is 4.39 Å². The summed E-state index contributed by atoms with van der Waals surface area (Å²) in [5.74, 6) is -0.607. The van der Waals surface area contributed by atoms with E-state index in [2.05, 4.69) is 6.07 Å². The molecule has 0 fully saturated rings. The highest BCUT2D eigenvalue weighted by Crippen LogP contribution is 2.12. The van der Waals surface area contributed by atoms with Crippen LogP contribution in [0.25, 0.3) is 0 Å². The van der Waals surface area contributed by atoms with E-state index in [0.717, 1.165) is 6.07 Å². The van der Waals surface area contributed by atoms with E-state index in [1.807, 2.05) is 0 Å². The van der Waals surface area contributed by atoms with E-state index >= 15 is 0 Å². The van der Waals surface area contributed by atoms with Crippen LogP contribution in [-0.2, 0) is 0 Å². The van der Waals surface area contributed by atoms with Gasteiger partial charge in [0, 0.05) is 11.1 Å². The van der Waals surface area contributed by atoms with Crippen LogP contribution in [0.15, 0.2) is 12.1 Å². The molecule has 10 heavy (non-hydrogen) atoms.